The second-order valence-corrected chi connectivity index (χ2v) is 3.85. The highest BCUT2D eigenvalue weighted by molar-refractivity contribution is 5.64. The van der Waals surface area contributed by atoms with Crippen molar-refractivity contribution >= 4 is 17.2 Å². The number of nitro benzene ring substituents is 1. The molecule has 2 aromatic rings. The molecule has 8 heteroatoms. The van der Waals surface area contributed by atoms with Gasteiger partial charge >= 0.3 is 0 Å². The number of benzene rings is 1. The van der Waals surface area contributed by atoms with Crippen molar-refractivity contribution in [1.82, 2.24) is 9.97 Å². The lowest BCUT2D eigenvalue weighted by molar-refractivity contribution is -0.384. The molecule has 1 aromatic carbocycles. The van der Waals surface area contributed by atoms with E-state index < -0.39 is 4.92 Å². The first-order chi connectivity index (χ1) is 9.60. The molecule has 1 heterocycles. The van der Waals surface area contributed by atoms with E-state index in [0.29, 0.717) is 17.3 Å². The van der Waals surface area contributed by atoms with E-state index in [9.17, 15) is 10.1 Å². The fourth-order valence-corrected chi connectivity index (χ4v) is 1.58. The van der Waals surface area contributed by atoms with E-state index in [1.165, 1.54) is 24.4 Å². The Labute approximate surface area is 114 Å². The number of nitriles is 1. The van der Waals surface area contributed by atoms with Crippen LogP contribution in [0.4, 0.5) is 17.2 Å². The minimum Gasteiger partial charge on any atom is -0.384 e. The van der Waals surface area contributed by atoms with Crippen LogP contribution in [0.5, 0.6) is 0 Å². The molecule has 0 fully saturated rings. The van der Waals surface area contributed by atoms with Gasteiger partial charge in [-0.05, 0) is 18.2 Å². The Kier molecular flexibility index (Phi) is 3.72. The summed E-state index contributed by atoms with van der Waals surface area (Å²) in [5.41, 5.74) is 5.86. The van der Waals surface area contributed by atoms with Gasteiger partial charge in [0.25, 0.3) is 5.69 Å². The van der Waals surface area contributed by atoms with Gasteiger partial charge in [0.2, 0.25) is 0 Å². The lowest BCUT2D eigenvalue weighted by atomic mass is 10.2. The summed E-state index contributed by atoms with van der Waals surface area (Å²) >= 11 is 0. The highest BCUT2D eigenvalue weighted by Gasteiger charge is 2.14. The first-order valence-corrected chi connectivity index (χ1v) is 5.60. The molecule has 3 N–H and O–H groups in total. The number of aromatic nitrogens is 2. The van der Waals surface area contributed by atoms with Crippen LogP contribution in [-0.4, -0.2) is 14.9 Å². The predicted molar refractivity (Wildman–Crippen MR) is 71.6 cm³/mol. The van der Waals surface area contributed by atoms with E-state index in [-0.39, 0.29) is 17.8 Å². The molecule has 0 spiro atoms. The monoisotopic (exact) mass is 270 g/mol. The number of hydrogen-bond acceptors (Lipinski definition) is 7. The Morgan fingerprint density at radius 2 is 2.25 bits per heavy atom. The zero-order valence-corrected chi connectivity index (χ0v) is 10.3. The molecule has 0 saturated carbocycles. The fourth-order valence-electron chi connectivity index (χ4n) is 1.58. The van der Waals surface area contributed by atoms with E-state index in [0.717, 1.165) is 0 Å². The van der Waals surface area contributed by atoms with Crippen LogP contribution in [0, 0.1) is 21.4 Å². The van der Waals surface area contributed by atoms with Gasteiger partial charge in [0.15, 0.2) is 0 Å². The molecule has 0 bridgehead atoms. The van der Waals surface area contributed by atoms with E-state index in [4.69, 9.17) is 11.0 Å². The average Bonchev–Trinajstić information content (AvgIpc) is 2.45. The molecule has 20 heavy (non-hydrogen) atoms. The lowest BCUT2D eigenvalue weighted by Crippen LogP contribution is -2.07. The van der Waals surface area contributed by atoms with Gasteiger partial charge < -0.3 is 11.1 Å². The van der Waals surface area contributed by atoms with Crippen LogP contribution in [0.25, 0.3) is 0 Å². The molecular weight excluding hydrogens is 260 g/mol. The van der Waals surface area contributed by atoms with Crippen molar-refractivity contribution in [2.75, 3.05) is 11.1 Å². The Morgan fingerprint density at radius 1 is 1.45 bits per heavy atom. The third-order valence-electron chi connectivity index (χ3n) is 2.49. The summed E-state index contributed by atoms with van der Waals surface area (Å²) in [6, 6.07) is 7.59. The van der Waals surface area contributed by atoms with Gasteiger partial charge in [0.1, 0.15) is 17.3 Å². The third kappa shape index (κ3) is 2.97. The summed E-state index contributed by atoms with van der Waals surface area (Å²) in [6.07, 6.45) is 1.51. The minimum absolute atomic E-state index is 0.173. The first-order valence-electron chi connectivity index (χ1n) is 5.60. The summed E-state index contributed by atoms with van der Waals surface area (Å²) in [7, 11) is 0. The smallest absolute Gasteiger partial charge is 0.293 e. The van der Waals surface area contributed by atoms with Crippen molar-refractivity contribution in [1.29, 1.82) is 5.26 Å². The maximum atomic E-state index is 11.0. The fraction of sp³-hybridized carbons (Fsp3) is 0.0833. The Balaban J connectivity index is 2.21. The number of anilines is 2. The van der Waals surface area contributed by atoms with Crippen molar-refractivity contribution in [3.05, 3.63) is 52.0 Å². The molecule has 0 saturated heterocycles. The van der Waals surface area contributed by atoms with Gasteiger partial charge in [0.05, 0.1) is 23.1 Å². The quantitative estimate of drug-likeness (QED) is 0.634. The molecule has 0 atom stereocenters. The standard InChI is InChI=1S/C12H10N6O2/c13-6-8-1-2-9(10(5-8)18(19)20)16-7-12-15-4-3-11(14)17-12/h1-5,16H,7H2,(H2,14,15,17). The normalized spacial score (nSPS) is 9.75. The molecule has 8 nitrogen and oxygen atoms in total. The van der Waals surface area contributed by atoms with Crippen LogP contribution >= 0.6 is 0 Å². The SMILES string of the molecule is N#Cc1ccc(NCc2nccc(N)n2)c([N+](=O)[O-])c1. The van der Waals surface area contributed by atoms with E-state index in [2.05, 4.69) is 15.3 Å². The number of nitrogens with zero attached hydrogens (tertiary/aromatic N) is 4. The minimum atomic E-state index is -0.552. The van der Waals surface area contributed by atoms with Crippen molar-refractivity contribution in [2.45, 2.75) is 6.54 Å². The summed E-state index contributed by atoms with van der Waals surface area (Å²) in [6.45, 7) is 0.192. The number of nitrogens with two attached hydrogens (primary N) is 1. The summed E-state index contributed by atoms with van der Waals surface area (Å²) in [5, 5.41) is 22.6. The molecule has 1 aromatic heterocycles. The largest absolute Gasteiger partial charge is 0.384 e. The number of hydrogen-bond donors (Lipinski definition) is 2. The molecule has 0 aliphatic carbocycles. The number of rotatable bonds is 4. The maximum absolute atomic E-state index is 11.0. The third-order valence-corrected chi connectivity index (χ3v) is 2.49. The van der Waals surface area contributed by atoms with E-state index in [1.54, 1.807) is 6.07 Å². The molecule has 100 valence electrons. The van der Waals surface area contributed by atoms with Crippen LogP contribution in [0.3, 0.4) is 0 Å². The molecule has 0 amide bonds. The molecule has 0 unspecified atom stereocenters. The van der Waals surface area contributed by atoms with Gasteiger partial charge in [-0.15, -0.1) is 0 Å². The number of nitrogen functional groups attached to an aromatic ring is 1. The average molecular weight is 270 g/mol. The Hall–Kier alpha value is -3.21. The second kappa shape index (κ2) is 5.62. The first kappa shape index (κ1) is 13.2. The van der Waals surface area contributed by atoms with Gasteiger partial charge in [-0.2, -0.15) is 5.26 Å². The lowest BCUT2D eigenvalue weighted by Gasteiger charge is -2.06. The molecule has 0 radical (unpaired) electrons. The molecular formula is C12H10N6O2. The van der Waals surface area contributed by atoms with Crippen LogP contribution in [0.2, 0.25) is 0 Å². The van der Waals surface area contributed by atoms with Gasteiger partial charge in [-0.3, -0.25) is 10.1 Å². The number of nitrogens with one attached hydrogen (secondary N) is 1. The van der Waals surface area contributed by atoms with Crippen molar-refractivity contribution in [3.63, 3.8) is 0 Å². The molecule has 0 aliphatic heterocycles. The summed E-state index contributed by atoms with van der Waals surface area (Å²) in [4.78, 5) is 18.4. The highest BCUT2D eigenvalue weighted by Crippen LogP contribution is 2.25. The van der Waals surface area contributed by atoms with Gasteiger partial charge in [0, 0.05) is 12.3 Å². The summed E-state index contributed by atoms with van der Waals surface area (Å²) in [5.74, 6) is 0.745. The van der Waals surface area contributed by atoms with Gasteiger partial charge in [-0.25, -0.2) is 9.97 Å². The molecule has 0 aliphatic rings. The Morgan fingerprint density at radius 3 is 2.90 bits per heavy atom. The van der Waals surface area contributed by atoms with Crippen LogP contribution in [0.1, 0.15) is 11.4 Å². The number of nitro groups is 1. The zero-order valence-electron chi connectivity index (χ0n) is 10.3. The van der Waals surface area contributed by atoms with Crippen LogP contribution < -0.4 is 11.1 Å². The highest BCUT2D eigenvalue weighted by atomic mass is 16.6. The van der Waals surface area contributed by atoms with E-state index >= 15 is 0 Å². The van der Waals surface area contributed by atoms with Crippen molar-refractivity contribution in [3.8, 4) is 6.07 Å². The topological polar surface area (TPSA) is 131 Å². The van der Waals surface area contributed by atoms with Crippen LogP contribution in [0.15, 0.2) is 30.5 Å². The van der Waals surface area contributed by atoms with Crippen LogP contribution in [-0.2, 0) is 6.54 Å². The van der Waals surface area contributed by atoms with Crippen molar-refractivity contribution < 1.29 is 4.92 Å². The maximum Gasteiger partial charge on any atom is 0.293 e. The predicted octanol–water partition coefficient (Wildman–Crippen LogP) is 1.45. The zero-order chi connectivity index (χ0) is 14.5. The second-order valence-electron chi connectivity index (χ2n) is 3.85. The van der Waals surface area contributed by atoms with E-state index in [1.807, 2.05) is 6.07 Å². The Bertz CT molecular complexity index is 695. The van der Waals surface area contributed by atoms with Gasteiger partial charge in [-0.1, -0.05) is 0 Å². The molecule has 2 rings (SSSR count). The van der Waals surface area contributed by atoms with Crippen molar-refractivity contribution in [2.24, 2.45) is 0 Å². The summed E-state index contributed by atoms with van der Waals surface area (Å²) < 4.78 is 0.